The molecule has 0 radical (unpaired) electrons. The van der Waals surface area contributed by atoms with Crippen molar-refractivity contribution in [1.29, 1.82) is 0 Å². The third-order valence-corrected chi connectivity index (χ3v) is 4.51. The van der Waals surface area contributed by atoms with E-state index in [4.69, 9.17) is 4.74 Å². The van der Waals surface area contributed by atoms with Crippen molar-refractivity contribution >= 4 is 0 Å². The summed E-state index contributed by atoms with van der Waals surface area (Å²) in [5.74, 6) is 1.75. The van der Waals surface area contributed by atoms with Gasteiger partial charge in [-0.3, -0.25) is 9.88 Å². The molecule has 0 spiro atoms. The monoisotopic (exact) mass is 296 g/mol. The average molecular weight is 296 g/mol. The first-order valence-corrected chi connectivity index (χ1v) is 8.16. The topological polar surface area (TPSA) is 25.4 Å². The van der Waals surface area contributed by atoms with Gasteiger partial charge in [0.25, 0.3) is 0 Å². The Morgan fingerprint density at radius 3 is 2.64 bits per heavy atom. The second-order valence-corrected chi connectivity index (χ2v) is 6.07. The van der Waals surface area contributed by atoms with E-state index in [0.29, 0.717) is 6.04 Å². The fourth-order valence-corrected chi connectivity index (χ4v) is 3.18. The van der Waals surface area contributed by atoms with Gasteiger partial charge in [0.15, 0.2) is 0 Å². The molecule has 3 nitrogen and oxygen atoms in total. The van der Waals surface area contributed by atoms with Crippen LogP contribution in [0, 0.1) is 5.92 Å². The number of para-hydroxylation sites is 1. The fourth-order valence-electron chi connectivity index (χ4n) is 3.18. The summed E-state index contributed by atoms with van der Waals surface area (Å²) in [6.07, 6.45) is 6.22. The molecule has 1 aliphatic rings. The maximum absolute atomic E-state index is 6.00. The Bertz CT molecular complexity index is 558. The molecule has 2 heterocycles. The number of nitrogens with zero attached hydrogens (tertiary/aromatic N) is 2. The van der Waals surface area contributed by atoms with Crippen molar-refractivity contribution in [3.05, 3.63) is 60.4 Å². The van der Waals surface area contributed by atoms with Crippen LogP contribution >= 0.6 is 0 Å². The summed E-state index contributed by atoms with van der Waals surface area (Å²) in [7, 11) is 0. The van der Waals surface area contributed by atoms with Gasteiger partial charge in [-0.25, -0.2) is 0 Å². The van der Waals surface area contributed by atoms with Crippen molar-refractivity contribution in [2.24, 2.45) is 5.92 Å². The van der Waals surface area contributed by atoms with Gasteiger partial charge >= 0.3 is 0 Å². The van der Waals surface area contributed by atoms with E-state index < -0.39 is 0 Å². The molecule has 2 unspecified atom stereocenters. The summed E-state index contributed by atoms with van der Waals surface area (Å²) in [5.41, 5.74) is 1.33. The summed E-state index contributed by atoms with van der Waals surface area (Å²) >= 11 is 0. The van der Waals surface area contributed by atoms with Gasteiger partial charge in [0.2, 0.25) is 0 Å². The van der Waals surface area contributed by atoms with Crippen molar-refractivity contribution < 1.29 is 4.74 Å². The molecule has 3 heteroatoms. The molecule has 0 saturated carbocycles. The van der Waals surface area contributed by atoms with Crippen molar-refractivity contribution in [3.63, 3.8) is 0 Å². The highest BCUT2D eigenvalue weighted by molar-refractivity contribution is 5.21. The second-order valence-electron chi connectivity index (χ2n) is 6.07. The van der Waals surface area contributed by atoms with E-state index in [1.165, 1.54) is 24.9 Å². The zero-order chi connectivity index (χ0) is 15.2. The van der Waals surface area contributed by atoms with Gasteiger partial charge in [0.1, 0.15) is 12.4 Å². The first kappa shape index (κ1) is 15.0. The Labute approximate surface area is 132 Å². The molecule has 0 amide bonds. The molecular formula is C19H24N2O. The predicted octanol–water partition coefficient (Wildman–Crippen LogP) is 3.76. The lowest BCUT2D eigenvalue weighted by Crippen LogP contribution is -2.33. The summed E-state index contributed by atoms with van der Waals surface area (Å²) in [6.45, 7) is 5.21. The van der Waals surface area contributed by atoms with Crippen molar-refractivity contribution in [3.8, 4) is 5.75 Å². The minimum atomic E-state index is 0.498. The molecule has 3 rings (SSSR count). The Morgan fingerprint density at radius 1 is 1.14 bits per heavy atom. The van der Waals surface area contributed by atoms with E-state index in [-0.39, 0.29) is 0 Å². The number of hydrogen-bond donors (Lipinski definition) is 0. The van der Waals surface area contributed by atoms with E-state index in [0.717, 1.165) is 24.8 Å². The number of likely N-dealkylation sites (tertiary alicyclic amines) is 1. The van der Waals surface area contributed by atoms with Crippen LogP contribution in [0.5, 0.6) is 5.75 Å². The highest BCUT2D eigenvalue weighted by Gasteiger charge is 2.31. The number of benzene rings is 1. The van der Waals surface area contributed by atoms with Crippen LogP contribution in [0.25, 0.3) is 0 Å². The predicted molar refractivity (Wildman–Crippen MR) is 88.8 cm³/mol. The summed E-state index contributed by atoms with van der Waals surface area (Å²) < 4.78 is 6.00. The first-order chi connectivity index (χ1) is 10.8. The Morgan fingerprint density at radius 2 is 1.91 bits per heavy atom. The highest BCUT2D eigenvalue weighted by Crippen LogP contribution is 2.27. The first-order valence-electron chi connectivity index (χ1n) is 8.16. The average Bonchev–Trinajstić information content (AvgIpc) is 2.97. The largest absolute Gasteiger partial charge is 0.492 e. The van der Waals surface area contributed by atoms with Crippen LogP contribution in [0.3, 0.4) is 0 Å². The Balaban J connectivity index is 1.62. The molecule has 1 saturated heterocycles. The third-order valence-electron chi connectivity index (χ3n) is 4.51. The van der Waals surface area contributed by atoms with E-state index in [1.807, 2.05) is 42.7 Å². The molecule has 2 aromatic rings. The van der Waals surface area contributed by atoms with Gasteiger partial charge < -0.3 is 4.74 Å². The van der Waals surface area contributed by atoms with Crippen LogP contribution in [0.2, 0.25) is 0 Å². The van der Waals surface area contributed by atoms with Crippen molar-refractivity contribution in [2.45, 2.75) is 32.4 Å². The zero-order valence-electron chi connectivity index (χ0n) is 13.2. The molecule has 0 bridgehead atoms. The number of hydrogen-bond acceptors (Lipinski definition) is 3. The van der Waals surface area contributed by atoms with Crippen molar-refractivity contribution in [2.75, 3.05) is 13.2 Å². The van der Waals surface area contributed by atoms with Crippen LogP contribution in [0.1, 0.15) is 25.3 Å². The standard InChI is InChI=1S/C19H24N2O/c1-2-16-12-18(15-22-19-6-4-3-5-7-19)21(13-16)14-17-8-10-20-11-9-17/h3-11,16,18H,2,12-15H2,1H3. The number of aromatic nitrogens is 1. The van der Waals surface area contributed by atoms with E-state index in [9.17, 15) is 0 Å². The minimum absolute atomic E-state index is 0.498. The number of ether oxygens (including phenoxy) is 1. The van der Waals surface area contributed by atoms with Gasteiger partial charge in [-0.15, -0.1) is 0 Å². The smallest absolute Gasteiger partial charge is 0.119 e. The molecule has 22 heavy (non-hydrogen) atoms. The van der Waals surface area contributed by atoms with Crippen molar-refractivity contribution in [1.82, 2.24) is 9.88 Å². The van der Waals surface area contributed by atoms with Crippen LogP contribution in [0.4, 0.5) is 0 Å². The fraction of sp³-hybridized carbons (Fsp3) is 0.421. The molecule has 1 aliphatic heterocycles. The molecule has 2 atom stereocenters. The van der Waals surface area contributed by atoms with E-state index >= 15 is 0 Å². The maximum atomic E-state index is 6.00. The Kier molecular flexibility index (Phi) is 5.07. The number of rotatable bonds is 6. The van der Waals surface area contributed by atoms with Gasteiger partial charge in [0, 0.05) is 31.5 Å². The van der Waals surface area contributed by atoms with Gasteiger partial charge in [-0.05, 0) is 42.2 Å². The van der Waals surface area contributed by atoms with Gasteiger partial charge in [-0.1, -0.05) is 31.5 Å². The van der Waals surface area contributed by atoms with E-state index in [2.05, 4.69) is 28.9 Å². The van der Waals surface area contributed by atoms with Crippen LogP contribution in [-0.4, -0.2) is 29.1 Å². The maximum Gasteiger partial charge on any atom is 0.119 e. The highest BCUT2D eigenvalue weighted by atomic mass is 16.5. The Hall–Kier alpha value is -1.87. The van der Waals surface area contributed by atoms with Crippen LogP contribution < -0.4 is 4.74 Å². The van der Waals surface area contributed by atoms with E-state index in [1.54, 1.807) is 0 Å². The van der Waals surface area contributed by atoms with Crippen LogP contribution in [-0.2, 0) is 6.54 Å². The van der Waals surface area contributed by atoms with Crippen LogP contribution in [0.15, 0.2) is 54.9 Å². The summed E-state index contributed by atoms with van der Waals surface area (Å²) in [5, 5.41) is 0. The second kappa shape index (κ2) is 7.41. The van der Waals surface area contributed by atoms with Gasteiger partial charge in [-0.2, -0.15) is 0 Å². The molecule has 1 fully saturated rings. The van der Waals surface area contributed by atoms with Gasteiger partial charge in [0.05, 0.1) is 0 Å². The summed E-state index contributed by atoms with van der Waals surface area (Å²) in [4.78, 5) is 6.66. The quantitative estimate of drug-likeness (QED) is 0.811. The lowest BCUT2D eigenvalue weighted by molar-refractivity contribution is 0.166. The summed E-state index contributed by atoms with van der Waals surface area (Å²) in [6, 6.07) is 14.8. The molecule has 116 valence electrons. The lowest BCUT2D eigenvalue weighted by atomic mass is 10.0. The zero-order valence-corrected chi connectivity index (χ0v) is 13.2. The molecule has 0 aliphatic carbocycles. The SMILES string of the molecule is CCC1CC(COc2ccccc2)N(Cc2ccncc2)C1. The molecular weight excluding hydrogens is 272 g/mol. The third kappa shape index (κ3) is 3.86. The molecule has 1 aromatic heterocycles. The molecule has 1 aromatic carbocycles. The lowest BCUT2D eigenvalue weighted by Gasteiger charge is -2.24. The number of pyridine rings is 1. The minimum Gasteiger partial charge on any atom is -0.492 e. The normalized spacial score (nSPS) is 21.9. The molecule has 0 N–H and O–H groups in total.